The highest BCUT2D eigenvalue weighted by molar-refractivity contribution is 14.2. The maximum atomic E-state index is 11.2. The van der Waals surface area contributed by atoms with E-state index in [-0.39, 0.29) is 0 Å². The van der Waals surface area contributed by atoms with Crippen LogP contribution in [0.3, 0.4) is 0 Å². The van der Waals surface area contributed by atoms with Crippen molar-refractivity contribution in [2.75, 3.05) is 13.1 Å². The number of halogens is 1. The molecule has 2 fully saturated rings. The van der Waals surface area contributed by atoms with Crippen LogP contribution in [-0.2, 0) is 4.79 Å². The van der Waals surface area contributed by atoms with Crippen LogP contribution in [0.15, 0.2) is 0 Å². The van der Waals surface area contributed by atoms with E-state index in [2.05, 4.69) is 32.4 Å². The second kappa shape index (κ2) is 3.13. The van der Waals surface area contributed by atoms with Crippen molar-refractivity contribution in [2.45, 2.75) is 19.8 Å². The summed E-state index contributed by atoms with van der Waals surface area (Å²) in [5.41, 5.74) is 0.301. The first-order valence-electron chi connectivity index (χ1n) is 4.19. The quantitative estimate of drug-likeness (QED) is 0.547. The fourth-order valence-electron chi connectivity index (χ4n) is 2.42. The molecule has 2 atom stereocenters. The summed E-state index contributed by atoms with van der Waals surface area (Å²) in [7, 11) is 1.78. The van der Waals surface area contributed by atoms with Gasteiger partial charge in [-0.25, -0.2) is 4.31 Å². The Kier molecular flexibility index (Phi) is 2.42. The van der Waals surface area contributed by atoms with Gasteiger partial charge in [0.05, 0.1) is 0 Å². The maximum absolute atomic E-state index is 11.2. The molecule has 0 amide bonds. The molecule has 1 saturated heterocycles. The Labute approximate surface area is 89.2 Å². The van der Waals surface area contributed by atoms with Crippen molar-refractivity contribution in [1.29, 1.82) is 0 Å². The predicted molar refractivity (Wildman–Crippen MR) is 59.0 cm³/mol. The molecule has 1 heterocycles. The number of ketones is 1. The lowest BCUT2D eigenvalue weighted by Crippen LogP contribution is -2.21. The van der Waals surface area contributed by atoms with Gasteiger partial charge >= 0.3 is 0 Å². The Bertz CT molecular complexity index is 223. The molecule has 1 aliphatic heterocycles. The summed E-state index contributed by atoms with van der Waals surface area (Å²) < 4.78 is 2.37. The van der Waals surface area contributed by atoms with Crippen LogP contribution in [0, 0.1) is 11.3 Å². The highest BCUT2D eigenvalue weighted by atomic mass is 127. The van der Waals surface area contributed by atoms with Crippen molar-refractivity contribution in [3.05, 3.63) is 0 Å². The standard InChI is InChI=1S/C8H12INOS/c1-8-3-7(11)2-6(8)4-10(5-8)12-9/h6H,2-5H2,1H3. The van der Waals surface area contributed by atoms with Crippen LogP contribution in [0.1, 0.15) is 19.8 Å². The summed E-state index contributed by atoms with van der Waals surface area (Å²) in [6.45, 7) is 4.46. The zero-order valence-electron chi connectivity index (χ0n) is 7.05. The van der Waals surface area contributed by atoms with E-state index in [0.717, 1.165) is 25.9 Å². The minimum absolute atomic E-state index is 0.301. The first-order valence-corrected chi connectivity index (χ1v) is 7.51. The van der Waals surface area contributed by atoms with E-state index in [1.54, 1.807) is 9.12 Å². The number of hydrogen-bond acceptors (Lipinski definition) is 3. The van der Waals surface area contributed by atoms with Gasteiger partial charge in [0, 0.05) is 47.1 Å². The van der Waals surface area contributed by atoms with Gasteiger partial charge in [0.25, 0.3) is 0 Å². The third-order valence-electron chi connectivity index (χ3n) is 3.12. The lowest BCUT2D eigenvalue weighted by Gasteiger charge is -2.20. The maximum Gasteiger partial charge on any atom is 0.133 e. The number of nitrogens with zero attached hydrogens (tertiary/aromatic N) is 1. The normalized spacial score (nSPS) is 42.2. The molecule has 0 aromatic carbocycles. The Hall–Kier alpha value is 0.710. The van der Waals surface area contributed by atoms with E-state index in [1.807, 2.05) is 0 Å². The predicted octanol–water partition coefficient (Wildman–Crippen LogP) is 2.29. The number of fused-ring (bicyclic) bond motifs is 1. The molecule has 2 nitrogen and oxygen atoms in total. The van der Waals surface area contributed by atoms with E-state index >= 15 is 0 Å². The lowest BCUT2D eigenvalue weighted by atomic mass is 9.83. The second-order valence-corrected chi connectivity index (χ2v) is 6.00. The van der Waals surface area contributed by atoms with Crippen LogP contribution in [-0.4, -0.2) is 23.2 Å². The van der Waals surface area contributed by atoms with Gasteiger partial charge in [0.2, 0.25) is 0 Å². The molecule has 1 saturated carbocycles. The molecule has 2 aliphatic rings. The van der Waals surface area contributed by atoms with E-state index in [9.17, 15) is 4.79 Å². The highest BCUT2D eigenvalue weighted by Gasteiger charge is 2.49. The highest BCUT2D eigenvalue weighted by Crippen LogP contribution is 2.48. The van der Waals surface area contributed by atoms with Crippen molar-refractivity contribution in [3.8, 4) is 0 Å². The third-order valence-corrected chi connectivity index (χ3v) is 5.26. The second-order valence-electron chi connectivity index (χ2n) is 4.16. The van der Waals surface area contributed by atoms with Crippen molar-refractivity contribution in [2.24, 2.45) is 11.3 Å². The zero-order chi connectivity index (χ0) is 8.77. The molecule has 1 aliphatic carbocycles. The van der Waals surface area contributed by atoms with Crippen molar-refractivity contribution < 1.29 is 4.79 Å². The van der Waals surface area contributed by atoms with Gasteiger partial charge in [0.1, 0.15) is 5.78 Å². The van der Waals surface area contributed by atoms with Crippen LogP contribution < -0.4 is 0 Å². The van der Waals surface area contributed by atoms with Crippen LogP contribution in [0.2, 0.25) is 0 Å². The molecular formula is C8H12INOS. The third kappa shape index (κ3) is 1.42. The van der Waals surface area contributed by atoms with Crippen LogP contribution >= 0.6 is 30.3 Å². The molecule has 2 rings (SSSR count). The molecule has 0 bridgehead atoms. The zero-order valence-corrected chi connectivity index (χ0v) is 10.0. The average molecular weight is 297 g/mol. The molecule has 0 N–H and O–H groups in total. The first kappa shape index (κ1) is 9.27. The van der Waals surface area contributed by atoms with Crippen molar-refractivity contribution in [1.82, 2.24) is 4.31 Å². The lowest BCUT2D eigenvalue weighted by molar-refractivity contribution is -0.118. The Morgan fingerprint density at radius 3 is 3.08 bits per heavy atom. The summed E-state index contributed by atoms with van der Waals surface area (Å²) in [5.74, 6) is 1.10. The van der Waals surface area contributed by atoms with Gasteiger partial charge in [0.15, 0.2) is 0 Å². The Balaban J connectivity index is 2.11. The number of carbonyl (C=O) groups is 1. The van der Waals surface area contributed by atoms with Gasteiger partial charge < -0.3 is 0 Å². The molecule has 2 unspecified atom stereocenters. The molecule has 0 aromatic rings. The van der Waals surface area contributed by atoms with E-state index in [1.165, 1.54) is 0 Å². The SMILES string of the molecule is CC12CC(=O)CC1CN(SI)C2. The summed E-state index contributed by atoms with van der Waals surface area (Å²) >= 11 is 2.32. The van der Waals surface area contributed by atoms with Gasteiger partial charge in [-0.2, -0.15) is 0 Å². The average Bonchev–Trinajstić information content (AvgIpc) is 2.38. The molecule has 4 heteroatoms. The molecule has 0 spiro atoms. The number of hydrogen-bond donors (Lipinski definition) is 0. The van der Waals surface area contributed by atoms with Crippen molar-refractivity contribution >= 4 is 36.1 Å². The Morgan fingerprint density at radius 1 is 1.75 bits per heavy atom. The van der Waals surface area contributed by atoms with Crippen LogP contribution in [0.25, 0.3) is 0 Å². The number of rotatable bonds is 1. The fourth-order valence-corrected chi connectivity index (χ4v) is 3.90. The van der Waals surface area contributed by atoms with E-state index in [0.29, 0.717) is 17.1 Å². The van der Waals surface area contributed by atoms with Crippen molar-refractivity contribution in [3.63, 3.8) is 0 Å². The summed E-state index contributed by atoms with van der Waals surface area (Å²) in [4.78, 5) is 11.2. The summed E-state index contributed by atoms with van der Waals surface area (Å²) in [5, 5.41) is 0. The smallest absolute Gasteiger partial charge is 0.133 e. The minimum atomic E-state index is 0.301. The first-order chi connectivity index (χ1) is 5.64. The van der Waals surface area contributed by atoms with Crippen LogP contribution in [0.4, 0.5) is 0 Å². The van der Waals surface area contributed by atoms with E-state index < -0.39 is 0 Å². The largest absolute Gasteiger partial charge is 0.300 e. The van der Waals surface area contributed by atoms with Gasteiger partial charge in [-0.3, -0.25) is 4.79 Å². The van der Waals surface area contributed by atoms with Gasteiger partial charge in [-0.15, -0.1) is 0 Å². The summed E-state index contributed by atoms with van der Waals surface area (Å²) in [6, 6.07) is 0. The van der Waals surface area contributed by atoms with Crippen LogP contribution in [0.5, 0.6) is 0 Å². The molecule has 0 radical (unpaired) electrons. The fraction of sp³-hybridized carbons (Fsp3) is 0.875. The van der Waals surface area contributed by atoms with Gasteiger partial charge in [-0.05, 0) is 20.5 Å². The molecular weight excluding hydrogens is 285 g/mol. The molecule has 0 aromatic heterocycles. The van der Waals surface area contributed by atoms with E-state index in [4.69, 9.17) is 0 Å². The number of Topliss-reactive ketones (excluding diaryl/α,β-unsaturated/α-hetero) is 1. The topological polar surface area (TPSA) is 20.3 Å². The van der Waals surface area contributed by atoms with Gasteiger partial charge in [-0.1, -0.05) is 6.92 Å². The number of carbonyl (C=O) groups excluding carboxylic acids is 1. The molecule has 12 heavy (non-hydrogen) atoms. The monoisotopic (exact) mass is 297 g/mol. The Morgan fingerprint density at radius 2 is 2.50 bits per heavy atom. The summed E-state index contributed by atoms with van der Waals surface area (Å²) in [6.07, 6.45) is 1.63. The molecule has 68 valence electrons. The minimum Gasteiger partial charge on any atom is -0.300 e.